The Balaban J connectivity index is 2.28. The minimum Gasteiger partial charge on any atom is -0.448 e. The molecule has 0 amide bonds. The number of cyclic esters (lactones) is 1. The lowest BCUT2D eigenvalue weighted by atomic mass is 10.2. The van der Waals surface area contributed by atoms with E-state index in [0.29, 0.717) is 5.75 Å². The molecule has 1 heterocycles. The van der Waals surface area contributed by atoms with Crippen LogP contribution in [0.25, 0.3) is 0 Å². The van der Waals surface area contributed by atoms with Crippen LogP contribution in [0.15, 0.2) is 32.9 Å². The van der Waals surface area contributed by atoms with Gasteiger partial charge in [0.15, 0.2) is 0 Å². The quantitative estimate of drug-likeness (QED) is 0.640. The number of hydrogen-bond donors (Lipinski definition) is 1. The smallest absolute Gasteiger partial charge is 0.377 e. The maximum Gasteiger partial charge on any atom is 0.377 e. The minimum atomic E-state index is -1.30. The molecule has 1 aliphatic heterocycles. The number of rotatable bonds is 7. The van der Waals surface area contributed by atoms with Crippen molar-refractivity contribution in [2.75, 3.05) is 18.0 Å². The molecule has 0 saturated heterocycles. The van der Waals surface area contributed by atoms with Crippen LogP contribution in [-0.2, 0) is 9.53 Å². The second-order valence-electron chi connectivity index (χ2n) is 5.17. The minimum absolute atomic E-state index is 0.0286. The summed E-state index contributed by atoms with van der Waals surface area (Å²) in [7, 11) is 0. The highest BCUT2D eigenvalue weighted by atomic mass is 79.9. The van der Waals surface area contributed by atoms with Crippen molar-refractivity contribution >= 4 is 43.5 Å². The zero-order valence-corrected chi connectivity index (χ0v) is 16.2. The summed E-state index contributed by atoms with van der Waals surface area (Å²) in [4.78, 5) is 14.0. The molecule has 1 aromatic carbocycles. The zero-order chi connectivity index (χ0) is 17.0. The van der Waals surface area contributed by atoms with E-state index in [4.69, 9.17) is 9.47 Å². The van der Waals surface area contributed by atoms with Crippen LogP contribution >= 0.6 is 31.9 Å². The Hall–Kier alpha value is -1.05. The van der Waals surface area contributed by atoms with Gasteiger partial charge in [-0.1, -0.05) is 29.8 Å². The fraction of sp³-hybridized carbons (Fsp3) is 0.438. The van der Waals surface area contributed by atoms with Crippen LogP contribution in [0.4, 0.5) is 5.69 Å². The first-order valence-electron chi connectivity index (χ1n) is 7.48. The van der Waals surface area contributed by atoms with E-state index >= 15 is 0 Å². The Bertz CT molecular complexity index is 612. The van der Waals surface area contributed by atoms with Gasteiger partial charge in [0.25, 0.3) is 0 Å². The lowest BCUT2D eigenvalue weighted by Gasteiger charge is -2.24. The van der Waals surface area contributed by atoms with Crippen LogP contribution in [0.1, 0.15) is 26.7 Å². The molecule has 2 rings (SSSR count). The van der Waals surface area contributed by atoms with Crippen molar-refractivity contribution < 1.29 is 19.4 Å². The summed E-state index contributed by atoms with van der Waals surface area (Å²) in [6, 6.07) is 5.66. The van der Waals surface area contributed by atoms with E-state index in [1.54, 1.807) is 6.07 Å². The van der Waals surface area contributed by atoms with Gasteiger partial charge in [-0.15, -0.1) is 0 Å². The Morgan fingerprint density at radius 2 is 1.87 bits per heavy atom. The van der Waals surface area contributed by atoms with E-state index in [-0.39, 0.29) is 10.2 Å². The number of nitrogens with zero attached hydrogens (tertiary/aromatic N) is 1. The molecular formula is C16H19Br2NO4. The van der Waals surface area contributed by atoms with Gasteiger partial charge in [0.2, 0.25) is 12.0 Å². The summed E-state index contributed by atoms with van der Waals surface area (Å²) in [6.45, 7) is 6.15. The van der Waals surface area contributed by atoms with E-state index in [0.717, 1.165) is 36.1 Å². The number of benzene rings is 1. The highest BCUT2D eigenvalue weighted by Gasteiger charge is 2.33. The maximum absolute atomic E-state index is 11.7. The monoisotopic (exact) mass is 447 g/mol. The molecule has 0 aliphatic carbocycles. The molecule has 1 unspecified atom stereocenters. The number of anilines is 1. The molecule has 0 radical (unpaired) electrons. The van der Waals surface area contributed by atoms with Crippen LogP contribution in [0.3, 0.4) is 0 Å². The summed E-state index contributed by atoms with van der Waals surface area (Å²) < 4.78 is 11.4. The molecule has 7 heteroatoms. The predicted molar refractivity (Wildman–Crippen MR) is 95.6 cm³/mol. The molecule has 0 saturated carbocycles. The average molecular weight is 449 g/mol. The Morgan fingerprint density at radius 1 is 1.22 bits per heavy atom. The summed E-state index contributed by atoms with van der Waals surface area (Å²) in [5, 5.41) is 9.51. The van der Waals surface area contributed by atoms with Crippen molar-refractivity contribution in [3.05, 3.63) is 32.9 Å². The van der Waals surface area contributed by atoms with Gasteiger partial charge in [-0.25, -0.2) is 4.79 Å². The summed E-state index contributed by atoms with van der Waals surface area (Å²) in [6.07, 6.45) is 0.774. The van der Waals surface area contributed by atoms with E-state index in [1.807, 2.05) is 12.1 Å². The number of aliphatic hydroxyl groups is 1. The standard InChI is InChI=1S/C16H19Br2NO4/c1-3-5-19(6-4-2)11-7-10(17)8-12(9-11)22-14-13(18)15(20)23-16(14)21/h7-9,15,20H,3-6H2,1-2H3. The van der Waals surface area contributed by atoms with Crippen LogP contribution < -0.4 is 9.64 Å². The lowest BCUT2D eigenvalue weighted by molar-refractivity contribution is -0.153. The van der Waals surface area contributed by atoms with Gasteiger partial charge in [0.1, 0.15) is 10.2 Å². The van der Waals surface area contributed by atoms with Crippen LogP contribution in [0, 0.1) is 0 Å². The van der Waals surface area contributed by atoms with Crippen LogP contribution in [0.5, 0.6) is 5.75 Å². The van der Waals surface area contributed by atoms with E-state index in [9.17, 15) is 9.90 Å². The topological polar surface area (TPSA) is 59.0 Å². The van der Waals surface area contributed by atoms with Crippen molar-refractivity contribution in [3.63, 3.8) is 0 Å². The molecule has 5 nitrogen and oxygen atoms in total. The largest absolute Gasteiger partial charge is 0.448 e. The second-order valence-corrected chi connectivity index (χ2v) is 6.94. The highest BCUT2D eigenvalue weighted by molar-refractivity contribution is 9.11. The van der Waals surface area contributed by atoms with E-state index < -0.39 is 12.3 Å². The molecule has 0 fully saturated rings. The Morgan fingerprint density at radius 3 is 2.39 bits per heavy atom. The SMILES string of the molecule is CCCN(CCC)c1cc(Br)cc(OC2=C(Br)C(O)OC2=O)c1. The van der Waals surface area contributed by atoms with E-state index in [2.05, 4.69) is 50.6 Å². The van der Waals surface area contributed by atoms with Crippen LogP contribution in [-0.4, -0.2) is 30.5 Å². The number of carbonyl (C=O) groups is 1. The first-order chi connectivity index (χ1) is 11.0. The third-order valence-corrected chi connectivity index (χ3v) is 4.48. The molecular weight excluding hydrogens is 430 g/mol. The summed E-state index contributed by atoms with van der Waals surface area (Å²) in [5.41, 5.74) is 1.02. The maximum atomic E-state index is 11.7. The molecule has 1 atom stereocenters. The number of aliphatic hydroxyl groups excluding tert-OH is 1. The van der Waals surface area contributed by atoms with Crippen molar-refractivity contribution in [2.45, 2.75) is 33.0 Å². The second kappa shape index (κ2) is 8.17. The number of halogens is 2. The van der Waals surface area contributed by atoms with Gasteiger partial charge >= 0.3 is 5.97 Å². The van der Waals surface area contributed by atoms with Gasteiger partial charge in [-0.2, -0.15) is 0 Å². The Kier molecular flexibility index (Phi) is 6.50. The number of ether oxygens (including phenoxy) is 2. The third-order valence-electron chi connectivity index (χ3n) is 3.27. The molecule has 126 valence electrons. The fourth-order valence-corrected chi connectivity index (χ4v) is 3.12. The molecule has 0 bridgehead atoms. The zero-order valence-electron chi connectivity index (χ0n) is 13.0. The Labute approximate surface area is 152 Å². The number of carbonyl (C=O) groups excluding carboxylic acids is 1. The first-order valence-corrected chi connectivity index (χ1v) is 9.07. The lowest BCUT2D eigenvalue weighted by Crippen LogP contribution is -2.24. The molecule has 0 spiro atoms. The molecule has 23 heavy (non-hydrogen) atoms. The molecule has 1 aliphatic rings. The summed E-state index contributed by atoms with van der Waals surface area (Å²) in [5.74, 6) is -0.214. The van der Waals surface area contributed by atoms with Gasteiger partial charge in [0.05, 0.1) is 0 Å². The molecule has 1 N–H and O–H groups in total. The van der Waals surface area contributed by atoms with Crippen molar-refractivity contribution in [2.24, 2.45) is 0 Å². The first kappa shape index (κ1) is 18.3. The molecule has 1 aromatic rings. The highest BCUT2D eigenvalue weighted by Crippen LogP contribution is 2.32. The van der Waals surface area contributed by atoms with Gasteiger partial charge in [-0.3, -0.25) is 0 Å². The van der Waals surface area contributed by atoms with Crippen molar-refractivity contribution in [3.8, 4) is 5.75 Å². The van der Waals surface area contributed by atoms with E-state index in [1.165, 1.54) is 0 Å². The fourth-order valence-electron chi connectivity index (χ4n) is 2.32. The average Bonchev–Trinajstić information content (AvgIpc) is 2.73. The van der Waals surface area contributed by atoms with Crippen molar-refractivity contribution in [1.82, 2.24) is 0 Å². The number of hydrogen-bond acceptors (Lipinski definition) is 5. The third kappa shape index (κ3) is 4.49. The number of esters is 1. The van der Waals surface area contributed by atoms with Gasteiger partial charge in [0, 0.05) is 29.3 Å². The van der Waals surface area contributed by atoms with Crippen molar-refractivity contribution in [1.29, 1.82) is 0 Å². The van der Waals surface area contributed by atoms with Crippen LogP contribution in [0.2, 0.25) is 0 Å². The molecule has 0 aromatic heterocycles. The predicted octanol–water partition coefficient (Wildman–Crippen LogP) is 3.94. The van der Waals surface area contributed by atoms with Gasteiger partial charge < -0.3 is 19.5 Å². The van der Waals surface area contributed by atoms with Gasteiger partial charge in [-0.05, 0) is 40.9 Å². The summed E-state index contributed by atoms with van der Waals surface area (Å²) >= 11 is 6.60. The normalized spacial score (nSPS) is 17.4.